The van der Waals surface area contributed by atoms with Gasteiger partial charge in [0.2, 0.25) is 0 Å². The molecule has 0 atom stereocenters. The maximum Gasteiger partial charge on any atom is 0.306 e. The number of aryl methyl sites for hydroxylation is 1. The van der Waals surface area contributed by atoms with Crippen LogP contribution in [0.2, 0.25) is 0 Å². The van der Waals surface area contributed by atoms with Crippen molar-refractivity contribution in [3.05, 3.63) is 65.9 Å². The summed E-state index contributed by atoms with van der Waals surface area (Å²) in [7, 11) is 0. The quantitative estimate of drug-likeness (QED) is 0.610. The van der Waals surface area contributed by atoms with Crippen molar-refractivity contribution in [2.75, 3.05) is 11.9 Å². The number of hydrogen-bond donors (Lipinski definition) is 2. The molecule has 2 N–H and O–H groups in total. The van der Waals surface area contributed by atoms with Gasteiger partial charge in [0.15, 0.2) is 6.61 Å². The van der Waals surface area contributed by atoms with Crippen molar-refractivity contribution in [2.24, 2.45) is 0 Å². The maximum atomic E-state index is 12.1. The lowest BCUT2D eigenvalue weighted by molar-refractivity contribution is -0.147. The molecule has 0 saturated carbocycles. The van der Waals surface area contributed by atoms with Gasteiger partial charge in [-0.3, -0.25) is 9.59 Å². The first-order chi connectivity index (χ1) is 13.0. The Morgan fingerprint density at radius 1 is 1.07 bits per heavy atom. The third-order valence-corrected chi connectivity index (χ3v) is 4.49. The summed E-state index contributed by atoms with van der Waals surface area (Å²) in [6.07, 6.45) is 2.71. The Hall–Kier alpha value is -3.08. The number of carbonyl (C=O) groups is 2. The highest BCUT2D eigenvalue weighted by molar-refractivity contribution is 5.93. The topological polar surface area (TPSA) is 71.2 Å². The van der Waals surface area contributed by atoms with Gasteiger partial charge < -0.3 is 15.0 Å². The van der Waals surface area contributed by atoms with E-state index in [9.17, 15) is 9.59 Å². The fourth-order valence-corrected chi connectivity index (χ4v) is 3.09. The van der Waals surface area contributed by atoms with Gasteiger partial charge in [-0.15, -0.1) is 0 Å². The van der Waals surface area contributed by atoms with Crippen LogP contribution in [0.15, 0.2) is 54.7 Å². The van der Waals surface area contributed by atoms with Crippen LogP contribution >= 0.6 is 0 Å². The number of esters is 1. The first-order valence-electron chi connectivity index (χ1n) is 9.14. The van der Waals surface area contributed by atoms with E-state index in [-0.39, 0.29) is 24.9 Å². The second-order valence-electron chi connectivity index (χ2n) is 6.81. The normalized spacial score (nSPS) is 10.9. The minimum absolute atomic E-state index is 0.234. The van der Waals surface area contributed by atoms with Crippen LogP contribution in [0.1, 0.15) is 37.3 Å². The third kappa shape index (κ3) is 4.76. The summed E-state index contributed by atoms with van der Waals surface area (Å²) in [6, 6.07) is 15.6. The van der Waals surface area contributed by atoms with Crippen molar-refractivity contribution in [1.29, 1.82) is 0 Å². The van der Waals surface area contributed by atoms with Gasteiger partial charge in [0.1, 0.15) is 0 Å². The highest BCUT2D eigenvalue weighted by Crippen LogP contribution is 2.23. The molecular formula is C22H24N2O3. The number of H-pyrrole nitrogens is 1. The van der Waals surface area contributed by atoms with Gasteiger partial charge in [-0.25, -0.2) is 0 Å². The molecule has 0 radical (unpaired) electrons. The lowest BCUT2D eigenvalue weighted by atomic mass is 10.0. The minimum Gasteiger partial charge on any atom is -0.456 e. The molecule has 5 nitrogen and oxygen atoms in total. The van der Waals surface area contributed by atoms with Crippen LogP contribution < -0.4 is 5.32 Å². The van der Waals surface area contributed by atoms with Crippen LogP contribution in [0, 0.1) is 0 Å². The zero-order chi connectivity index (χ0) is 19.2. The summed E-state index contributed by atoms with van der Waals surface area (Å²) in [4.78, 5) is 27.3. The van der Waals surface area contributed by atoms with Gasteiger partial charge in [-0.1, -0.05) is 50.2 Å². The van der Waals surface area contributed by atoms with E-state index in [1.165, 1.54) is 0 Å². The molecule has 0 spiro atoms. The SMILES string of the molecule is CC(C)c1ccccc1NC(=O)COC(=O)CCc1c[nH]c2ccccc12. The van der Waals surface area contributed by atoms with E-state index >= 15 is 0 Å². The summed E-state index contributed by atoms with van der Waals surface area (Å²) in [5.74, 6) is -0.420. The molecule has 0 saturated heterocycles. The van der Waals surface area contributed by atoms with Gasteiger partial charge >= 0.3 is 5.97 Å². The number of rotatable bonds is 7. The molecule has 1 aromatic heterocycles. The first-order valence-corrected chi connectivity index (χ1v) is 9.14. The molecule has 27 heavy (non-hydrogen) atoms. The Bertz CT molecular complexity index is 943. The van der Waals surface area contributed by atoms with Crippen LogP contribution in [-0.4, -0.2) is 23.5 Å². The molecule has 0 unspecified atom stereocenters. The van der Waals surface area contributed by atoms with Crippen molar-refractivity contribution >= 4 is 28.5 Å². The highest BCUT2D eigenvalue weighted by atomic mass is 16.5. The minimum atomic E-state index is -0.382. The molecule has 5 heteroatoms. The van der Waals surface area contributed by atoms with Gasteiger partial charge in [-0.05, 0) is 35.6 Å². The Labute approximate surface area is 158 Å². The summed E-state index contributed by atoms with van der Waals surface area (Å²) in [6.45, 7) is 3.85. The first kappa shape index (κ1) is 18.7. The average Bonchev–Trinajstić information content (AvgIpc) is 3.08. The zero-order valence-electron chi connectivity index (χ0n) is 15.6. The molecule has 1 heterocycles. The van der Waals surface area contributed by atoms with Crippen molar-refractivity contribution in [3.8, 4) is 0 Å². The molecule has 1 amide bonds. The van der Waals surface area contributed by atoms with Crippen molar-refractivity contribution in [2.45, 2.75) is 32.6 Å². The predicted octanol–water partition coefficient (Wildman–Crippen LogP) is 4.41. The highest BCUT2D eigenvalue weighted by Gasteiger charge is 2.12. The lowest BCUT2D eigenvalue weighted by Gasteiger charge is -2.13. The fraction of sp³-hybridized carbons (Fsp3) is 0.273. The largest absolute Gasteiger partial charge is 0.456 e. The zero-order valence-corrected chi connectivity index (χ0v) is 15.6. The van der Waals surface area contributed by atoms with Crippen molar-refractivity contribution in [1.82, 2.24) is 4.98 Å². The molecule has 140 valence electrons. The molecule has 0 aliphatic rings. The molecule has 0 fully saturated rings. The van der Waals surface area contributed by atoms with E-state index in [0.29, 0.717) is 12.3 Å². The smallest absolute Gasteiger partial charge is 0.306 e. The molecule has 3 aromatic rings. The number of para-hydroxylation sites is 2. The summed E-state index contributed by atoms with van der Waals surface area (Å²) < 4.78 is 5.13. The monoisotopic (exact) mass is 364 g/mol. The fourth-order valence-electron chi connectivity index (χ4n) is 3.09. The Balaban J connectivity index is 1.48. The Morgan fingerprint density at radius 2 is 1.81 bits per heavy atom. The number of aromatic nitrogens is 1. The van der Waals surface area contributed by atoms with Crippen molar-refractivity contribution in [3.63, 3.8) is 0 Å². The van der Waals surface area contributed by atoms with Gasteiger partial charge in [0, 0.05) is 29.2 Å². The molecule has 2 aromatic carbocycles. The number of ether oxygens (including phenoxy) is 1. The Kier molecular flexibility index (Phi) is 5.91. The second kappa shape index (κ2) is 8.54. The number of hydrogen-bond acceptors (Lipinski definition) is 3. The molecule has 3 rings (SSSR count). The van der Waals surface area contributed by atoms with E-state index in [0.717, 1.165) is 27.7 Å². The number of anilines is 1. The molecule has 0 bridgehead atoms. The number of fused-ring (bicyclic) bond motifs is 1. The summed E-state index contributed by atoms with van der Waals surface area (Å²) in [5, 5.41) is 3.92. The van der Waals surface area contributed by atoms with E-state index in [2.05, 4.69) is 24.1 Å². The standard InChI is InChI=1S/C22H24N2O3/c1-15(2)17-7-3-6-10-20(17)24-21(25)14-27-22(26)12-11-16-13-23-19-9-5-4-8-18(16)19/h3-10,13,15,23H,11-12,14H2,1-2H3,(H,24,25). The molecule has 0 aliphatic carbocycles. The van der Waals surface area contributed by atoms with Crippen LogP contribution in [0.5, 0.6) is 0 Å². The van der Waals surface area contributed by atoms with Crippen LogP contribution in [0.25, 0.3) is 10.9 Å². The van der Waals surface area contributed by atoms with Crippen LogP contribution in [-0.2, 0) is 20.7 Å². The summed E-state index contributed by atoms with van der Waals surface area (Å²) in [5.41, 5.74) is 3.92. The molecule has 0 aliphatic heterocycles. The number of amides is 1. The Morgan fingerprint density at radius 3 is 2.63 bits per heavy atom. The lowest BCUT2D eigenvalue weighted by Crippen LogP contribution is -2.21. The number of aromatic amines is 1. The predicted molar refractivity (Wildman–Crippen MR) is 107 cm³/mol. The van der Waals surface area contributed by atoms with Gasteiger partial charge in [-0.2, -0.15) is 0 Å². The van der Waals surface area contributed by atoms with E-state index in [1.807, 2.05) is 54.7 Å². The maximum absolute atomic E-state index is 12.1. The summed E-state index contributed by atoms with van der Waals surface area (Å²) >= 11 is 0. The number of benzene rings is 2. The van der Waals surface area contributed by atoms with Crippen molar-refractivity contribution < 1.29 is 14.3 Å². The van der Waals surface area contributed by atoms with E-state index in [4.69, 9.17) is 4.74 Å². The van der Waals surface area contributed by atoms with Gasteiger partial charge in [0.25, 0.3) is 5.91 Å². The van der Waals surface area contributed by atoms with Gasteiger partial charge in [0.05, 0.1) is 0 Å². The average molecular weight is 364 g/mol. The van der Waals surface area contributed by atoms with E-state index in [1.54, 1.807) is 0 Å². The number of nitrogens with one attached hydrogen (secondary N) is 2. The van der Waals surface area contributed by atoms with Crippen LogP contribution in [0.3, 0.4) is 0 Å². The number of carbonyl (C=O) groups excluding carboxylic acids is 2. The van der Waals surface area contributed by atoms with E-state index < -0.39 is 0 Å². The molecular weight excluding hydrogens is 340 g/mol. The third-order valence-electron chi connectivity index (χ3n) is 4.49. The van der Waals surface area contributed by atoms with Crippen LogP contribution in [0.4, 0.5) is 5.69 Å². The second-order valence-corrected chi connectivity index (χ2v) is 6.81.